The summed E-state index contributed by atoms with van der Waals surface area (Å²) in [4.78, 5) is 15.0. The summed E-state index contributed by atoms with van der Waals surface area (Å²) in [5.41, 5.74) is 2.08. The number of esters is 1. The lowest BCUT2D eigenvalue weighted by Crippen LogP contribution is -2.42. The molecule has 4 atom stereocenters. The smallest absolute Gasteiger partial charge is 0.338 e. The van der Waals surface area contributed by atoms with Crippen LogP contribution in [0.3, 0.4) is 0 Å². The molecule has 2 bridgehead atoms. The number of piperidine rings is 1. The first kappa shape index (κ1) is 17.4. The number of rotatable bonds is 3. The molecule has 2 aliphatic heterocycles. The number of fused-ring (bicyclic) bond motifs is 3. The standard InChI is InChI=1S/C25H25NO2/c1-26-20-14-19(22-13-7-11-17-8-5-6-12-21(17)22)15-23(26)24(16-20)28-25(27)18-9-3-2-4-10-18/h2-13,19-20,23-24H,14-16H2,1H3/t19?,20-,23+,24?/m0/s1. The van der Waals surface area contributed by atoms with Crippen LogP contribution in [0.5, 0.6) is 0 Å². The zero-order valence-electron chi connectivity index (χ0n) is 16.1. The summed E-state index contributed by atoms with van der Waals surface area (Å²) in [7, 11) is 2.19. The molecule has 28 heavy (non-hydrogen) atoms. The Morgan fingerprint density at radius 1 is 0.893 bits per heavy atom. The summed E-state index contributed by atoms with van der Waals surface area (Å²) in [5.74, 6) is 0.311. The largest absolute Gasteiger partial charge is 0.457 e. The first-order valence-electron chi connectivity index (χ1n) is 10.2. The zero-order chi connectivity index (χ0) is 19.1. The summed E-state index contributed by atoms with van der Waals surface area (Å²) in [6, 6.07) is 25.4. The van der Waals surface area contributed by atoms with Crippen LogP contribution in [0.15, 0.2) is 72.8 Å². The minimum absolute atomic E-state index is 0.0253. The lowest BCUT2D eigenvalue weighted by Gasteiger charge is -2.37. The third kappa shape index (κ3) is 3.00. The van der Waals surface area contributed by atoms with E-state index in [-0.39, 0.29) is 18.1 Å². The second-order valence-corrected chi connectivity index (χ2v) is 8.17. The van der Waals surface area contributed by atoms with Crippen molar-refractivity contribution in [1.29, 1.82) is 0 Å². The summed E-state index contributed by atoms with van der Waals surface area (Å²) >= 11 is 0. The van der Waals surface area contributed by atoms with Crippen molar-refractivity contribution < 1.29 is 9.53 Å². The highest BCUT2D eigenvalue weighted by molar-refractivity contribution is 5.89. The third-order valence-corrected chi connectivity index (χ3v) is 6.65. The van der Waals surface area contributed by atoms with E-state index >= 15 is 0 Å². The number of hydrogen-bond acceptors (Lipinski definition) is 3. The number of carbonyl (C=O) groups excluding carboxylic acids is 1. The first-order chi connectivity index (χ1) is 13.7. The van der Waals surface area contributed by atoms with Crippen molar-refractivity contribution >= 4 is 16.7 Å². The highest BCUT2D eigenvalue weighted by Gasteiger charge is 2.47. The molecule has 2 aliphatic rings. The number of nitrogens with zero attached hydrogens (tertiary/aromatic N) is 1. The van der Waals surface area contributed by atoms with E-state index < -0.39 is 0 Å². The molecular formula is C25H25NO2. The molecule has 3 aromatic rings. The van der Waals surface area contributed by atoms with Crippen LogP contribution in [-0.4, -0.2) is 36.1 Å². The average Bonchev–Trinajstić information content (AvgIpc) is 2.90. The van der Waals surface area contributed by atoms with Gasteiger partial charge in [-0.1, -0.05) is 60.7 Å². The molecule has 2 heterocycles. The maximum absolute atomic E-state index is 12.6. The Morgan fingerprint density at radius 3 is 2.50 bits per heavy atom. The Morgan fingerprint density at radius 2 is 1.64 bits per heavy atom. The van der Waals surface area contributed by atoms with Crippen molar-refractivity contribution in [2.75, 3.05) is 7.05 Å². The fourth-order valence-electron chi connectivity index (χ4n) is 5.19. The number of ether oxygens (including phenoxy) is 1. The second-order valence-electron chi connectivity index (χ2n) is 8.17. The van der Waals surface area contributed by atoms with Crippen molar-refractivity contribution in [2.45, 2.75) is 43.4 Å². The second kappa shape index (κ2) is 7.06. The van der Waals surface area contributed by atoms with Crippen LogP contribution in [-0.2, 0) is 4.74 Å². The van der Waals surface area contributed by atoms with Crippen LogP contribution < -0.4 is 0 Å². The SMILES string of the molecule is CN1[C@H]2CC(c3cccc4ccccc34)C[C@@H]1C(OC(=O)c1ccccc1)C2. The minimum Gasteiger partial charge on any atom is -0.457 e. The van der Waals surface area contributed by atoms with E-state index in [0.717, 1.165) is 19.3 Å². The van der Waals surface area contributed by atoms with Crippen LogP contribution in [0.4, 0.5) is 0 Å². The first-order valence-corrected chi connectivity index (χ1v) is 10.2. The van der Waals surface area contributed by atoms with Gasteiger partial charge in [0, 0.05) is 18.5 Å². The van der Waals surface area contributed by atoms with Crippen molar-refractivity contribution in [3.63, 3.8) is 0 Å². The minimum atomic E-state index is -0.201. The summed E-state index contributed by atoms with van der Waals surface area (Å²) in [6.07, 6.45) is 3.07. The molecule has 3 aromatic carbocycles. The predicted molar refractivity (Wildman–Crippen MR) is 112 cm³/mol. The van der Waals surface area contributed by atoms with Gasteiger partial charge in [-0.15, -0.1) is 0 Å². The Hall–Kier alpha value is -2.65. The molecule has 2 saturated heterocycles. The monoisotopic (exact) mass is 371 g/mol. The van der Waals surface area contributed by atoms with E-state index in [4.69, 9.17) is 4.74 Å². The molecule has 0 radical (unpaired) electrons. The van der Waals surface area contributed by atoms with Gasteiger partial charge in [0.2, 0.25) is 0 Å². The molecule has 5 rings (SSSR count). The molecule has 0 aromatic heterocycles. The Kier molecular flexibility index (Phi) is 4.40. The molecule has 0 saturated carbocycles. The van der Waals surface area contributed by atoms with Gasteiger partial charge in [0.05, 0.1) is 5.56 Å². The molecule has 0 spiro atoms. The van der Waals surface area contributed by atoms with Gasteiger partial charge in [0.15, 0.2) is 0 Å². The Balaban J connectivity index is 1.38. The van der Waals surface area contributed by atoms with Gasteiger partial charge in [-0.25, -0.2) is 4.79 Å². The molecule has 0 aliphatic carbocycles. The highest BCUT2D eigenvalue weighted by Crippen LogP contribution is 2.44. The normalized spacial score (nSPS) is 27.0. The topological polar surface area (TPSA) is 29.5 Å². The van der Waals surface area contributed by atoms with E-state index in [2.05, 4.69) is 54.4 Å². The van der Waals surface area contributed by atoms with Gasteiger partial charge in [0.1, 0.15) is 6.10 Å². The highest BCUT2D eigenvalue weighted by atomic mass is 16.5. The fraction of sp³-hybridized carbons (Fsp3) is 0.320. The lowest BCUT2D eigenvalue weighted by molar-refractivity contribution is 0.0186. The number of likely N-dealkylation sites (N-methyl/N-ethyl adjacent to an activating group) is 1. The maximum atomic E-state index is 12.6. The quantitative estimate of drug-likeness (QED) is 0.606. The van der Waals surface area contributed by atoms with Crippen molar-refractivity contribution in [3.05, 3.63) is 83.9 Å². The van der Waals surface area contributed by atoms with Gasteiger partial charge >= 0.3 is 5.97 Å². The van der Waals surface area contributed by atoms with Crippen LogP contribution >= 0.6 is 0 Å². The van der Waals surface area contributed by atoms with Crippen LogP contribution in [0.1, 0.15) is 41.1 Å². The van der Waals surface area contributed by atoms with E-state index in [9.17, 15) is 4.79 Å². The number of hydrogen-bond donors (Lipinski definition) is 0. The molecule has 142 valence electrons. The van der Waals surface area contributed by atoms with Gasteiger partial charge in [-0.2, -0.15) is 0 Å². The average molecular weight is 371 g/mol. The molecule has 2 unspecified atom stereocenters. The third-order valence-electron chi connectivity index (χ3n) is 6.65. The summed E-state index contributed by atoms with van der Waals surface area (Å²) < 4.78 is 5.97. The molecule has 0 N–H and O–H groups in total. The maximum Gasteiger partial charge on any atom is 0.338 e. The van der Waals surface area contributed by atoms with E-state index in [1.807, 2.05) is 30.3 Å². The van der Waals surface area contributed by atoms with Crippen molar-refractivity contribution in [2.24, 2.45) is 0 Å². The van der Waals surface area contributed by atoms with Crippen molar-refractivity contribution in [3.8, 4) is 0 Å². The number of carbonyl (C=O) groups is 1. The van der Waals surface area contributed by atoms with Gasteiger partial charge in [-0.05, 0) is 54.3 Å². The van der Waals surface area contributed by atoms with Crippen LogP contribution in [0.2, 0.25) is 0 Å². The van der Waals surface area contributed by atoms with E-state index in [1.165, 1.54) is 16.3 Å². The van der Waals surface area contributed by atoms with Gasteiger partial charge in [-0.3, -0.25) is 4.90 Å². The van der Waals surface area contributed by atoms with E-state index in [0.29, 0.717) is 17.5 Å². The number of benzene rings is 3. The van der Waals surface area contributed by atoms with Crippen LogP contribution in [0.25, 0.3) is 10.8 Å². The fourth-order valence-corrected chi connectivity index (χ4v) is 5.19. The lowest BCUT2D eigenvalue weighted by atomic mass is 9.83. The predicted octanol–water partition coefficient (Wildman–Crippen LogP) is 5.02. The molecule has 0 amide bonds. The summed E-state index contributed by atoms with van der Waals surface area (Å²) in [6.45, 7) is 0. The Bertz CT molecular complexity index is 994. The van der Waals surface area contributed by atoms with Gasteiger partial charge in [0.25, 0.3) is 0 Å². The molecular weight excluding hydrogens is 346 g/mol. The molecule has 2 fully saturated rings. The Labute approximate surface area is 165 Å². The van der Waals surface area contributed by atoms with E-state index in [1.54, 1.807) is 0 Å². The van der Waals surface area contributed by atoms with Crippen molar-refractivity contribution in [1.82, 2.24) is 4.90 Å². The molecule has 3 heteroatoms. The van der Waals surface area contributed by atoms with Crippen LogP contribution in [0, 0.1) is 0 Å². The zero-order valence-corrected chi connectivity index (χ0v) is 16.1. The van der Waals surface area contributed by atoms with Gasteiger partial charge < -0.3 is 4.74 Å². The molecule has 3 nitrogen and oxygen atoms in total. The summed E-state index contributed by atoms with van der Waals surface area (Å²) in [5, 5.41) is 2.66.